The Morgan fingerprint density at radius 2 is 1.89 bits per heavy atom. The molecule has 3 heterocycles. The van der Waals surface area contributed by atoms with Crippen LogP contribution in [0.2, 0.25) is 0 Å². The number of hydrogen-bond donors (Lipinski definition) is 2. The first-order chi connectivity index (χ1) is 13.1. The Kier molecular flexibility index (Phi) is 5.41. The lowest BCUT2D eigenvalue weighted by molar-refractivity contribution is 0.130. The van der Waals surface area contributed by atoms with E-state index in [0.717, 1.165) is 76.7 Å². The predicted octanol–water partition coefficient (Wildman–Crippen LogP) is 1.63. The summed E-state index contributed by atoms with van der Waals surface area (Å²) in [5.41, 5.74) is 1.44. The van der Waals surface area contributed by atoms with E-state index < -0.39 is 0 Å². The molecule has 27 heavy (non-hydrogen) atoms. The van der Waals surface area contributed by atoms with Gasteiger partial charge in [0.05, 0.1) is 0 Å². The Hall–Kier alpha value is -1.99. The lowest BCUT2D eigenvalue weighted by atomic mass is 9.81. The minimum atomic E-state index is 0.0810. The Labute approximate surface area is 161 Å². The van der Waals surface area contributed by atoms with Gasteiger partial charge in [-0.25, -0.2) is 4.79 Å². The molecule has 2 saturated heterocycles. The van der Waals surface area contributed by atoms with Crippen molar-refractivity contribution < 1.29 is 14.3 Å². The minimum Gasteiger partial charge on any atom is -0.454 e. The molecule has 3 aliphatic rings. The normalized spacial score (nSPS) is 21.9. The highest BCUT2D eigenvalue weighted by atomic mass is 16.7. The molecule has 0 aliphatic carbocycles. The Balaban J connectivity index is 1.22. The molecule has 2 fully saturated rings. The summed E-state index contributed by atoms with van der Waals surface area (Å²) in [5, 5.41) is 6.55. The van der Waals surface area contributed by atoms with Crippen LogP contribution in [0.1, 0.15) is 25.3 Å². The van der Waals surface area contributed by atoms with Gasteiger partial charge in [0.2, 0.25) is 6.79 Å². The third kappa shape index (κ3) is 4.47. The molecule has 0 aromatic heterocycles. The maximum atomic E-state index is 12.5. The van der Waals surface area contributed by atoms with Crippen LogP contribution in [0, 0.1) is 5.41 Å². The molecule has 7 heteroatoms. The average molecular weight is 374 g/mol. The SMILES string of the molecule is CC1(CNC(=O)N2CCN(Cc3ccc4c(c3)OCO4)CC2)CCNCC1. The molecule has 0 atom stereocenters. The van der Waals surface area contributed by atoms with Crippen molar-refractivity contribution in [3.8, 4) is 11.5 Å². The summed E-state index contributed by atoms with van der Waals surface area (Å²) in [5.74, 6) is 1.65. The zero-order chi connectivity index (χ0) is 18.7. The molecular weight excluding hydrogens is 344 g/mol. The first-order valence-electron chi connectivity index (χ1n) is 9.96. The lowest BCUT2D eigenvalue weighted by Crippen LogP contribution is -2.53. The van der Waals surface area contributed by atoms with Crippen molar-refractivity contribution in [3.05, 3.63) is 23.8 Å². The van der Waals surface area contributed by atoms with Gasteiger partial charge in [-0.05, 0) is 49.0 Å². The summed E-state index contributed by atoms with van der Waals surface area (Å²) < 4.78 is 10.8. The number of rotatable bonds is 4. The average Bonchev–Trinajstić information content (AvgIpc) is 3.15. The lowest BCUT2D eigenvalue weighted by Gasteiger charge is -2.37. The Bertz CT molecular complexity index is 667. The fourth-order valence-electron chi connectivity index (χ4n) is 4.01. The van der Waals surface area contributed by atoms with Gasteiger partial charge in [-0.2, -0.15) is 0 Å². The number of urea groups is 1. The first kappa shape index (κ1) is 18.4. The zero-order valence-corrected chi connectivity index (χ0v) is 16.1. The van der Waals surface area contributed by atoms with Crippen LogP contribution in [-0.4, -0.2) is 68.4 Å². The molecule has 0 unspecified atom stereocenters. The highest BCUT2D eigenvalue weighted by molar-refractivity contribution is 5.74. The predicted molar refractivity (Wildman–Crippen MR) is 103 cm³/mol. The van der Waals surface area contributed by atoms with Gasteiger partial charge in [0, 0.05) is 39.3 Å². The fraction of sp³-hybridized carbons (Fsp3) is 0.650. The smallest absolute Gasteiger partial charge is 0.317 e. The summed E-state index contributed by atoms with van der Waals surface area (Å²) in [6.45, 7) is 9.65. The summed E-state index contributed by atoms with van der Waals surface area (Å²) in [6, 6.07) is 6.20. The molecule has 0 spiro atoms. The molecule has 148 valence electrons. The van der Waals surface area contributed by atoms with Crippen LogP contribution < -0.4 is 20.1 Å². The van der Waals surface area contributed by atoms with E-state index >= 15 is 0 Å². The van der Waals surface area contributed by atoms with Gasteiger partial charge in [0.25, 0.3) is 0 Å². The van der Waals surface area contributed by atoms with E-state index in [4.69, 9.17) is 9.47 Å². The summed E-state index contributed by atoms with van der Waals surface area (Å²) in [7, 11) is 0. The van der Waals surface area contributed by atoms with Crippen molar-refractivity contribution in [1.82, 2.24) is 20.4 Å². The molecule has 2 N–H and O–H groups in total. The molecule has 1 aromatic carbocycles. The largest absolute Gasteiger partial charge is 0.454 e. The molecule has 4 rings (SSSR count). The highest BCUT2D eigenvalue weighted by Gasteiger charge is 2.28. The van der Waals surface area contributed by atoms with Crippen molar-refractivity contribution in [2.45, 2.75) is 26.3 Å². The number of ether oxygens (including phenoxy) is 2. The van der Waals surface area contributed by atoms with E-state index in [9.17, 15) is 4.79 Å². The van der Waals surface area contributed by atoms with Gasteiger partial charge in [0.15, 0.2) is 11.5 Å². The molecule has 0 saturated carbocycles. The quantitative estimate of drug-likeness (QED) is 0.839. The number of nitrogens with one attached hydrogen (secondary N) is 2. The van der Waals surface area contributed by atoms with E-state index in [2.05, 4.69) is 34.6 Å². The summed E-state index contributed by atoms with van der Waals surface area (Å²) in [4.78, 5) is 16.9. The van der Waals surface area contributed by atoms with E-state index in [-0.39, 0.29) is 11.4 Å². The molecule has 7 nitrogen and oxygen atoms in total. The van der Waals surface area contributed by atoms with Crippen molar-refractivity contribution in [2.24, 2.45) is 5.41 Å². The number of nitrogens with zero attached hydrogens (tertiary/aromatic N) is 2. The fourth-order valence-corrected chi connectivity index (χ4v) is 4.01. The summed E-state index contributed by atoms with van der Waals surface area (Å²) in [6.07, 6.45) is 2.24. The van der Waals surface area contributed by atoms with E-state index in [1.54, 1.807) is 0 Å². The maximum Gasteiger partial charge on any atom is 0.317 e. The van der Waals surface area contributed by atoms with Crippen LogP contribution in [-0.2, 0) is 6.54 Å². The van der Waals surface area contributed by atoms with Crippen LogP contribution in [0.4, 0.5) is 4.79 Å². The number of hydrogen-bond acceptors (Lipinski definition) is 5. The van der Waals surface area contributed by atoms with Crippen LogP contribution in [0.5, 0.6) is 11.5 Å². The zero-order valence-electron chi connectivity index (χ0n) is 16.1. The maximum absolute atomic E-state index is 12.5. The van der Waals surface area contributed by atoms with Gasteiger partial charge in [-0.3, -0.25) is 4.90 Å². The van der Waals surface area contributed by atoms with Gasteiger partial charge in [-0.1, -0.05) is 13.0 Å². The summed E-state index contributed by atoms with van der Waals surface area (Å²) >= 11 is 0. The number of fused-ring (bicyclic) bond motifs is 1. The number of benzene rings is 1. The third-order valence-corrected chi connectivity index (χ3v) is 5.98. The highest BCUT2D eigenvalue weighted by Crippen LogP contribution is 2.33. The van der Waals surface area contributed by atoms with Crippen LogP contribution in [0.3, 0.4) is 0 Å². The monoisotopic (exact) mass is 374 g/mol. The Morgan fingerprint density at radius 3 is 2.67 bits per heavy atom. The number of piperazine rings is 1. The third-order valence-electron chi connectivity index (χ3n) is 5.98. The molecule has 0 bridgehead atoms. The minimum absolute atomic E-state index is 0.0810. The standard InChI is InChI=1S/C20H30N4O3/c1-20(4-6-21-7-5-20)14-22-19(25)24-10-8-23(9-11-24)13-16-2-3-17-18(12-16)27-15-26-17/h2-3,12,21H,4-11,13-15H2,1H3,(H,22,25). The van der Waals surface area contributed by atoms with Crippen molar-refractivity contribution in [2.75, 3.05) is 52.6 Å². The molecule has 2 amide bonds. The molecule has 3 aliphatic heterocycles. The first-order valence-corrected chi connectivity index (χ1v) is 9.96. The number of piperidine rings is 1. The number of carbonyl (C=O) groups excluding carboxylic acids is 1. The second kappa shape index (κ2) is 7.94. The Morgan fingerprint density at radius 1 is 1.15 bits per heavy atom. The van der Waals surface area contributed by atoms with Crippen LogP contribution >= 0.6 is 0 Å². The van der Waals surface area contributed by atoms with Crippen LogP contribution in [0.15, 0.2) is 18.2 Å². The second-order valence-corrected chi connectivity index (χ2v) is 8.17. The van der Waals surface area contributed by atoms with E-state index in [0.29, 0.717) is 6.79 Å². The van der Waals surface area contributed by atoms with Gasteiger partial charge >= 0.3 is 6.03 Å². The van der Waals surface area contributed by atoms with Crippen molar-refractivity contribution >= 4 is 6.03 Å². The van der Waals surface area contributed by atoms with Gasteiger partial charge < -0.3 is 25.0 Å². The van der Waals surface area contributed by atoms with Gasteiger partial charge in [-0.15, -0.1) is 0 Å². The molecule has 0 radical (unpaired) electrons. The number of carbonyl (C=O) groups is 1. The molecule has 1 aromatic rings. The van der Waals surface area contributed by atoms with Crippen molar-refractivity contribution in [3.63, 3.8) is 0 Å². The van der Waals surface area contributed by atoms with E-state index in [1.807, 2.05) is 11.0 Å². The van der Waals surface area contributed by atoms with E-state index in [1.165, 1.54) is 5.56 Å². The number of amides is 2. The second-order valence-electron chi connectivity index (χ2n) is 8.17. The molecular formula is C20H30N4O3. The van der Waals surface area contributed by atoms with Crippen LogP contribution in [0.25, 0.3) is 0 Å². The van der Waals surface area contributed by atoms with Gasteiger partial charge in [0.1, 0.15) is 0 Å². The topological polar surface area (TPSA) is 66.1 Å². The van der Waals surface area contributed by atoms with Crippen molar-refractivity contribution in [1.29, 1.82) is 0 Å².